The summed E-state index contributed by atoms with van der Waals surface area (Å²) in [5, 5.41) is 6.51. The third-order valence-corrected chi connectivity index (χ3v) is 14.3. The molecule has 11 aromatic rings. The molecule has 0 amide bonds. The molecule has 3 heterocycles. The van der Waals surface area contributed by atoms with Gasteiger partial charge >= 0.3 is 0 Å². The lowest BCUT2D eigenvalue weighted by Gasteiger charge is -2.36. The molecule has 2 aliphatic heterocycles. The summed E-state index contributed by atoms with van der Waals surface area (Å²) in [6.07, 6.45) is 0. The summed E-state index contributed by atoms with van der Waals surface area (Å²) in [6, 6.07) is 85.1. The second-order valence-electron chi connectivity index (χ2n) is 17.0. The van der Waals surface area contributed by atoms with Gasteiger partial charge in [0, 0.05) is 77.3 Å². The zero-order valence-electron chi connectivity index (χ0n) is 35.8. The Morgan fingerprint density at radius 2 is 0.909 bits per heavy atom. The van der Waals surface area contributed by atoms with Crippen LogP contribution in [0.1, 0.15) is 0 Å². The highest BCUT2D eigenvalue weighted by atomic mass is 32.1. The molecule has 310 valence electrons. The monoisotopic (exact) mass is 861 g/mol. The number of hydrogen-bond donors (Lipinski definition) is 1. The number of ether oxygens (including phenoxy) is 1. The van der Waals surface area contributed by atoms with Gasteiger partial charge in [-0.05, 0) is 124 Å². The average Bonchev–Trinajstić information content (AvgIpc) is 3.76. The first-order valence-corrected chi connectivity index (χ1v) is 23.3. The van der Waals surface area contributed by atoms with E-state index in [4.69, 9.17) is 4.74 Å². The molecule has 10 aromatic carbocycles. The highest BCUT2D eigenvalue weighted by molar-refractivity contribution is 7.25. The quantitative estimate of drug-likeness (QED) is 0.154. The topological polar surface area (TPSA) is 27.7 Å². The molecule has 0 atom stereocenters. The van der Waals surface area contributed by atoms with Gasteiger partial charge in [-0.25, -0.2) is 0 Å². The van der Waals surface area contributed by atoms with Crippen molar-refractivity contribution in [3.8, 4) is 33.8 Å². The van der Waals surface area contributed by atoms with Crippen LogP contribution in [0, 0.1) is 0 Å². The molecular weight excluding hydrogens is 822 g/mol. The van der Waals surface area contributed by atoms with Gasteiger partial charge in [-0.1, -0.05) is 140 Å². The molecule has 13 rings (SSSR count). The predicted octanol–water partition coefficient (Wildman–Crippen LogP) is 15.0. The Hall–Kier alpha value is -8.32. The van der Waals surface area contributed by atoms with Crippen LogP contribution in [-0.2, 0) is 0 Å². The lowest BCUT2D eigenvalue weighted by atomic mass is 9.34. The van der Waals surface area contributed by atoms with Crippen molar-refractivity contribution in [3.63, 3.8) is 0 Å². The summed E-state index contributed by atoms with van der Waals surface area (Å²) in [5.41, 5.74) is 16.8. The zero-order valence-corrected chi connectivity index (χ0v) is 36.6. The Bertz CT molecular complexity index is 3560. The van der Waals surface area contributed by atoms with Crippen molar-refractivity contribution in [1.82, 2.24) is 0 Å². The lowest BCUT2D eigenvalue weighted by molar-refractivity contribution is 0.488. The minimum Gasteiger partial charge on any atom is -0.458 e. The highest BCUT2D eigenvalue weighted by Crippen LogP contribution is 2.45. The number of para-hydroxylation sites is 2. The Morgan fingerprint density at radius 3 is 1.64 bits per heavy atom. The Kier molecular flexibility index (Phi) is 9.10. The molecule has 2 aliphatic rings. The van der Waals surface area contributed by atoms with E-state index in [1.54, 1.807) is 0 Å². The van der Waals surface area contributed by atoms with Crippen molar-refractivity contribution in [1.29, 1.82) is 0 Å². The standard InChI is InChI=1S/C60H40BN3OS/c1-5-15-40(16-6-1)41-25-27-45(28-26-41)64(46-31-36-58-51(37-46)50-23-13-14-24-57(50)66-58)48-30-34-53-56(39-48)65-55-35-32-49(42-17-7-2-8-18-42)60-59(55)61(53)52-33-29-47(38-54(52)62-60)63(43-19-9-3-10-20-43)44-21-11-4-12-22-44/h1-39,62H. The fraction of sp³-hybridized carbons (Fsp3) is 0. The molecular formula is C60H40BN3OS. The fourth-order valence-electron chi connectivity index (χ4n) is 10.1. The molecule has 6 heteroatoms. The Balaban J connectivity index is 0.974. The number of benzene rings is 10. The van der Waals surface area contributed by atoms with E-state index in [2.05, 4.69) is 252 Å². The van der Waals surface area contributed by atoms with Crippen LogP contribution < -0.4 is 36.2 Å². The van der Waals surface area contributed by atoms with E-state index >= 15 is 0 Å². The third-order valence-electron chi connectivity index (χ3n) is 13.1. The minimum absolute atomic E-state index is 0.0733. The van der Waals surface area contributed by atoms with Crippen LogP contribution in [0.4, 0.5) is 45.5 Å². The molecule has 4 nitrogen and oxygen atoms in total. The molecule has 66 heavy (non-hydrogen) atoms. The van der Waals surface area contributed by atoms with E-state index in [0.29, 0.717) is 0 Å². The van der Waals surface area contributed by atoms with Crippen LogP contribution in [0.2, 0.25) is 0 Å². The van der Waals surface area contributed by atoms with Gasteiger partial charge in [-0.2, -0.15) is 0 Å². The van der Waals surface area contributed by atoms with Crippen LogP contribution in [0.25, 0.3) is 42.4 Å². The second-order valence-corrected chi connectivity index (χ2v) is 18.0. The SMILES string of the molecule is c1ccc(-c2ccc(N(c3ccc4c(c3)Oc3ccc(-c5ccccc5)c5c3B4c3ccc(N(c4ccccc4)c4ccccc4)cc3N5)c3ccc4sc5ccccc5c4c3)cc2)cc1. The molecule has 0 bridgehead atoms. The minimum atomic E-state index is -0.0733. The highest BCUT2D eigenvalue weighted by Gasteiger charge is 2.40. The first kappa shape index (κ1) is 38.2. The van der Waals surface area contributed by atoms with Crippen molar-refractivity contribution in [3.05, 3.63) is 237 Å². The molecule has 0 radical (unpaired) electrons. The summed E-state index contributed by atoms with van der Waals surface area (Å²) in [6.45, 7) is -0.0733. The van der Waals surface area contributed by atoms with Crippen molar-refractivity contribution >= 4 is 100 Å². The maximum Gasteiger partial charge on any atom is 0.256 e. The lowest BCUT2D eigenvalue weighted by Crippen LogP contribution is -2.58. The van der Waals surface area contributed by atoms with Gasteiger partial charge in [-0.15, -0.1) is 11.3 Å². The van der Waals surface area contributed by atoms with Crippen LogP contribution in [0.3, 0.4) is 0 Å². The van der Waals surface area contributed by atoms with Crippen molar-refractivity contribution in [2.24, 2.45) is 0 Å². The number of nitrogens with one attached hydrogen (secondary N) is 1. The van der Waals surface area contributed by atoms with E-state index in [1.807, 2.05) is 11.3 Å². The van der Waals surface area contributed by atoms with Crippen LogP contribution in [0.15, 0.2) is 237 Å². The number of fused-ring (bicyclic) bond motifs is 7. The molecule has 1 N–H and O–H groups in total. The first-order chi connectivity index (χ1) is 32.7. The number of anilines is 8. The zero-order chi connectivity index (χ0) is 43.6. The largest absolute Gasteiger partial charge is 0.458 e. The predicted molar refractivity (Wildman–Crippen MR) is 280 cm³/mol. The Morgan fingerprint density at radius 1 is 0.379 bits per heavy atom. The smallest absolute Gasteiger partial charge is 0.256 e. The molecule has 0 saturated heterocycles. The van der Waals surface area contributed by atoms with Crippen molar-refractivity contribution < 1.29 is 4.74 Å². The van der Waals surface area contributed by atoms with Gasteiger partial charge in [-0.3, -0.25) is 0 Å². The van der Waals surface area contributed by atoms with E-state index in [0.717, 1.165) is 79.1 Å². The molecule has 0 aliphatic carbocycles. The average molecular weight is 862 g/mol. The van der Waals surface area contributed by atoms with E-state index in [-0.39, 0.29) is 6.71 Å². The summed E-state index contributed by atoms with van der Waals surface area (Å²) in [7, 11) is 0. The first-order valence-electron chi connectivity index (χ1n) is 22.4. The van der Waals surface area contributed by atoms with E-state index in [1.165, 1.54) is 36.8 Å². The summed E-state index contributed by atoms with van der Waals surface area (Å²) < 4.78 is 9.66. The van der Waals surface area contributed by atoms with E-state index in [9.17, 15) is 0 Å². The van der Waals surface area contributed by atoms with Gasteiger partial charge in [0.2, 0.25) is 0 Å². The van der Waals surface area contributed by atoms with Crippen molar-refractivity contribution in [2.75, 3.05) is 15.1 Å². The second kappa shape index (κ2) is 15.7. The maximum atomic E-state index is 7.09. The molecule has 0 saturated carbocycles. The van der Waals surface area contributed by atoms with Gasteiger partial charge in [0.15, 0.2) is 0 Å². The fourth-order valence-corrected chi connectivity index (χ4v) is 11.2. The van der Waals surface area contributed by atoms with E-state index < -0.39 is 0 Å². The number of nitrogens with zero attached hydrogens (tertiary/aromatic N) is 2. The number of hydrogen-bond acceptors (Lipinski definition) is 5. The summed E-state index contributed by atoms with van der Waals surface area (Å²) in [4.78, 5) is 4.70. The third kappa shape index (κ3) is 6.45. The Labute approximate surface area is 388 Å². The van der Waals surface area contributed by atoms with Gasteiger partial charge in [0.25, 0.3) is 6.71 Å². The summed E-state index contributed by atoms with van der Waals surface area (Å²) >= 11 is 1.84. The van der Waals surface area contributed by atoms with Crippen molar-refractivity contribution in [2.45, 2.75) is 0 Å². The maximum absolute atomic E-state index is 7.09. The number of rotatable bonds is 8. The number of thiophene rings is 1. The van der Waals surface area contributed by atoms with Crippen LogP contribution >= 0.6 is 11.3 Å². The van der Waals surface area contributed by atoms with Crippen LogP contribution in [-0.4, -0.2) is 6.71 Å². The molecule has 1 aromatic heterocycles. The molecule has 0 unspecified atom stereocenters. The summed E-state index contributed by atoms with van der Waals surface area (Å²) in [5.74, 6) is 1.71. The molecule has 0 fully saturated rings. The van der Waals surface area contributed by atoms with Gasteiger partial charge in [0.1, 0.15) is 11.5 Å². The van der Waals surface area contributed by atoms with Crippen LogP contribution in [0.5, 0.6) is 11.5 Å². The van der Waals surface area contributed by atoms with Gasteiger partial charge in [0.05, 0.1) is 0 Å². The van der Waals surface area contributed by atoms with Gasteiger partial charge < -0.3 is 19.9 Å². The molecule has 0 spiro atoms. The normalized spacial score (nSPS) is 12.2.